The Morgan fingerprint density at radius 3 is 3.00 bits per heavy atom. The first-order valence-electron chi connectivity index (χ1n) is 7.44. The van der Waals surface area contributed by atoms with Crippen molar-refractivity contribution in [1.82, 2.24) is 20.5 Å². The van der Waals surface area contributed by atoms with E-state index in [1.807, 2.05) is 19.1 Å². The van der Waals surface area contributed by atoms with E-state index in [0.717, 1.165) is 11.1 Å². The summed E-state index contributed by atoms with van der Waals surface area (Å²) in [5.74, 6) is 0.659. The van der Waals surface area contributed by atoms with Crippen LogP contribution in [0.3, 0.4) is 0 Å². The van der Waals surface area contributed by atoms with Gasteiger partial charge in [-0.05, 0) is 42.9 Å². The Balaban J connectivity index is 2.14. The molecule has 9 nitrogen and oxygen atoms in total. The number of hydrazone groups is 1. The Kier molecular flexibility index (Phi) is 6.40. The Morgan fingerprint density at radius 2 is 2.36 bits per heavy atom. The Morgan fingerprint density at radius 1 is 1.56 bits per heavy atom. The van der Waals surface area contributed by atoms with Gasteiger partial charge in [-0.15, -0.1) is 0 Å². The lowest BCUT2D eigenvalue weighted by molar-refractivity contribution is -0.385. The minimum Gasteiger partial charge on any atom is -0.496 e. The molecule has 0 unspecified atom stereocenters. The standard InChI is InChI=1S/C15H18N6O3S/c1-3-16-15(25)19-17-7-11-4-5-14(24-2)12(6-11)9-20-10-13(8-18-20)21(22)23/h4-8,10H,3,9H2,1-2H3,(H2,16,19,25). The zero-order chi connectivity index (χ0) is 18.2. The van der Waals surface area contributed by atoms with E-state index in [-0.39, 0.29) is 5.69 Å². The Hall–Kier alpha value is -3.01. The zero-order valence-electron chi connectivity index (χ0n) is 13.8. The van der Waals surface area contributed by atoms with Crippen molar-refractivity contribution in [1.29, 1.82) is 0 Å². The van der Waals surface area contributed by atoms with Crippen LogP contribution in [0.15, 0.2) is 35.7 Å². The lowest BCUT2D eigenvalue weighted by Gasteiger charge is -2.09. The fourth-order valence-electron chi connectivity index (χ4n) is 2.08. The summed E-state index contributed by atoms with van der Waals surface area (Å²) in [7, 11) is 1.56. The maximum atomic E-state index is 10.8. The molecule has 0 atom stereocenters. The highest BCUT2D eigenvalue weighted by molar-refractivity contribution is 7.80. The second kappa shape index (κ2) is 8.73. The van der Waals surface area contributed by atoms with Crippen molar-refractivity contribution >= 4 is 29.2 Å². The third-order valence-electron chi connectivity index (χ3n) is 3.18. The van der Waals surface area contributed by atoms with Crippen molar-refractivity contribution in [3.05, 3.63) is 51.8 Å². The summed E-state index contributed by atoms with van der Waals surface area (Å²) < 4.78 is 6.82. The highest BCUT2D eigenvalue weighted by atomic mass is 32.1. The number of ether oxygens (including phenoxy) is 1. The summed E-state index contributed by atoms with van der Waals surface area (Å²) in [5, 5.41) is 22.2. The molecule has 1 heterocycles. The molecule has 0 saturated carbocycles. The molecular formula is C15H18N6O3S. The van der Waals surface area contributed by atoms with Gasteiger partial charge < -0.3 is 10.1 Å². The van der Waals surface area contributed by atoms with Crippen LogP contribution in [0.2, 0.25) is 0 Å². The molecule has 0 fully saturated rings. The predicted molar refractivity (Wildman–Crippen MR) is 98.0 cm³/mol. The van der Waals surface area contributed by atoms with Gasteiger partial charge in [-0.25, -0.2) is 0 Å². The zero-order valence-corrected chi connectivity index (χ0v) is 14.6. The molecule has 0 amide bonds. The van der Waals surface area contributed by atoms with Gasteiger partial charge in [0.2, 0.25) is 0 Å². The fourth-order valence-corrected chi connectivity index (χ4v) is 2.27. The fraction of sp³-hybridized carbons (Fsp3) is 0.267. The third-order valence-corrected chi connectivity index (χ3v) is 3.42. The highest BCUT2D eigenvalue weighted by Crippen LogP contribution is 2.21. The van der Waals surface area contributed by atoms with Gasteiger partial charge in [0.25, 0.3) is 0 Å². The van der Waals surface area contributed by atoms with Crippen molar-refractivity contribution in [3.63, 3.8) is 0 Å². The number of nitrogens with zero attached hydrogens (tertiary/aromatic N) is 4. The van der Waals surface area contributed by atoms with Crippen LogP contribution < -0.4 is 15.5 Å². The van der Waals surface area contributed by atoms with Crippen LogP contribution in [0.5, 0.6) is 5.75 Å². The first kappa shape index (κ1) is 18.3. The minimum atomic E-state index is -0.483. The van der Waals surface area contributed by atoms with E-state index in [9.17, 15) is 10.1 Å². The summed E-state index contributed by atoms with van der Waals surface area (Å²) in [6, 6.07) is 5.51. The van der Waals surface area contributed by atoms with Gasteiger partial charge in [-0.1, -0.05) is 0 Å². The summed E-state index contributed by atoms with van der Waals surface area (Å²) in [5.41, 5.74) is 4.30. The predicted octanol–water partition coefficient (Wildman–Crippen LogP) is 1.67. The number of aromatic nitrogens is 2. The number of benzene rings is 1. The van der Waals surface area contributed by atoms with Crippen LogP contribution in [0.25, 0.3) is 0 Å². The number of rotatable bonds is 7. The van der Waals surface area contributed by atoms with E-state index in [4.69, 9.17) is 17.0 Å². The average Bonchev–Trinajstić information content (AvgIpc) is 3.04. The highest BCUT2D eigenvalue weighted by Gasteiger charge is 2.11. The first-order chi connectivity index (χ1) is 12.0. The first-order valence-corrected chi connectivity index (χ1v) is 7.85. The molecule has 0 aliphatic carbocycles. The lowest BCUT2D eigenvalue weighted by Crippen LogP contribution is -2.31. The minimum absolute atomic E-state index is 0.0576. The molecule has 0 aliphatic heterocycles. The van der Waals surface area contributed by atoms with Gasteiger partial charge in [0.05, 0.1) is 24.8 Å². The molecule has 1 aromatic carbocycles. The quantitative estimate of drug-likeness (QED) is 0.334. The smallest absolute Gasteiger partial charge is 0.307 e. The van der Waals surface area contributed by atoms with Crippen LogP contribution in [0.4, 0.5) is 5.69 Å². The molecule has 2 N–H and O–H groups in total. The second-order valence-corrected chi connectivity index (χ2v) is 5.36. The number of thiocarbonyl (C=S) groups is 1. The van der Waals surface area contributed by atoms with Crippen LogP contribution in [0.1, 0.15) is 18.1 Å². The topological polar surface area (TPSA) is 107 Å². The molecular weight excluding hydrogens is 344 g/mol. The molecule has 0 spiro atoms. The van der Waals surface area contributed by atoms with E-state index in [0.29, 0.717) is 24.0 Å². The summed E-state index contributed by atoms with van der Waals surface area (Å²) >= 11 is 5.02. The monoisotopic (exact) mass is 362 g/mol. The number of methoxy groups -OCH3 is 1. The molecule has 25 heavy (non-hydrogen) atoms. The van der Waals surface area contributed by atoms with E-state index in [2.05, 4.69) is 20.9 Å². The lowest BCUT2D eigenvalue weighted by atomic mass is 10.1. The molecule has 2 rings (SSSR count). The van der Waals surface area contributed by atoms with Crippen LogP contribution in [0, 0.1) is 10.1 Å². The molecule has 0 bridgehead atoms. The van der Waals surface area contributed by atoms with Crippen LogP contribution in [-0.4, -0.2) is 39.7 Å². The van der Waals surface area contributed by atoms with Crippen molar-refractivity contribution in [2.75, 3.05) is 13.7 Å². The van der Waals surface area contributed by atoms with Gasteiger partial charge >= 0.3 is 5.69 Å². The summed E-state index contributed by atoms with van der Waals surface area (Å²) in [6.45, 7) is 2.99. The van der Waals surface area contributed by atoms with E-state index < -0.39 is 4.92 Å². The Labute approximate surface area is 149 Å². The number of hydrogen-bond acceptors (Lipinski definition) is 6. The van der Waals surface area contributed by atoms with Crippen molar-refractivity contribution in [2.45, 2.75) is 13.5 Å². The summed E-state index contributed by atoms with van der Waals surface area (Å²) in [6.07, 6.45) is 4.21. The number of nitrogens with one attached hydrogen (secondary N) is 2. The van der Waals surface area contributed by atoms with E-state index in [1.165, 1.54) is 17.1 Å². The molecule has 2 aromatic rings. The van der Waals surface area contributed by atoms with Gasteiger partial charge in [0.15, 0.2) is 5.11 Å². The maximum absolute atomic E-state index is 10.8. The number of hydrogen-bond donors (Lipinski definition) is 2. The average molecular weight is 362 g/mol. The molecule has 0 radical (unpaired) electrons. The number of nitro groups is 1. The molecule has 1 aromatic heterocycles. The Bertz CT molecular complexity index is 789. The largest absolute Gasteiger partial charge is 0.496 e. The van der Waals surface area contributed by atoms with Crippen molar-refractivity contribution in [2.24, 2.45) is 5.10 Å². The van der Waals surface area contributed by atoms with E-state index in [1.54, 1.807) is 19.4 Å². The van der Waals surface area contributed by atoms with Gasteiger partial charge in [-0.3, -0.25) is 20.2 Å². The SMILES string of the molecule is CCNC(=S)NN=Cc1ccc(OC)c(Cn2cc([N+](=O)[O-])cn2)c1. The van der Waals surface area contributed by atoms with Crippen molar-refractivity contribution < 1.29 is 9.66 Å². The normalized spacial score (nSPS) is 10.6. The van der Waals surface area contributed by atoms with Crippen LogP contribution >= 0.6 is 12.2 Å². The van der Waals surface area contributed by atoms with Crippen molar-refractivity contribution in [3.8, 4) is 5.75 Å². The van der Waals surface area contributed by atoms with Gasteiger partial charge in [0, 0.05) is 12.1 Å². The molecule has 132 valence electrons. The maximum Gasteiger partial charge on any atom is 0.307 e. The molecule has 10 heteroatoms. The molecule has 0 saturated heterocycles. The molecule has 0 aliphatic rings. The second-order valence-electron chi connectivity index (χ2n) is 4.95. The van der Waals surface area contributed by atoms with Gasteiger partial charge in [0.1, 0.15) is 18.1 Å². The van der Waals surface area contributed by atoms with E-state index >= 15 is 0 Å². The van der Waals surface area contributed by atoms with Crippen LogP contribution in [-0.2, 0) is 6.54 Å². The van der Waals surface area contributed by atoms with Gasteiger partial charge in [-0.2, -0.15) is 10.2 Å². The summed E-state index contributed by atoms with van der Waals surface area (Å²) in [4.78, 5) is 10.3. The third kappa shape index (κ3) is 5.24.